The molecule has 0 aliphatic rings. The van der Waals surface area contributed by atoms with E-state index in [1.54, 1.807) is 0 Å². The van der Waals surface area contributed by atoms with Gasteiger partial charge in [-0.2, -0.15) is 0 Å². The smallest absolute Gasteiger partial charge is 0.265 e. The molecule has 0 saturated carbocycles. The van der Waals surface area contributed by atoms with Gasteiger partial charge in [0.15, 0.2) is 0 Å². The van der Waals surface area contributed by atoms with Crippen molar-refractivity contribution in [1.29, 1.82) is 0 Å². The molecule has 2 aromatic carbocycles. The summed E-state index contributed by atoms with van der Waals surface area (Å²) in [6, 6.07) is 6.62. The number of benzene rings is 2. The van der Waals surface area contributed by atoms with Crippen LogP contribution in [0.15, 0.2) is 41.3 Å². The first-order chi connectivity index (χ1) is 12.9. The SMILES string of the molecule is CC(=O)Nc1ccc(S(=O)(=O)N(c2cc(Cl)c(Cl)cc2Cl)C(C)C(=O)Cl)cc1. The van der Waals surface area contributed by atoms with E-state index in [2.05, 4.69) is 5.32 Å². The third-order valence-electron chi connectivity index (χ3n) is 3.64. The maximum atomic E-state index is 13.3. The first-order valence-electron chi connectivity index (χ1n) is 7.71. The Morgan fingerprint density at radius 3 is 2.04 bits per heavy atom. The molecule has 0 heterocycles. The zero-order valence-electron chi connectivity index (χ0n) is 14.5. The Bertz CT molecular complexity index is 1030. The molecule has 0 fully saturated rings. The van der Waals surface area contributed by atoms with Crippen LogP contribution in [0.2, 0.25) is 15.1 Å². The van der Waals surface area contributed by atoms with E-state index in [9.17, 15) is 18.0 Å². The van der Waals surface area contributed by atoms with Gasteiger partial charge in [0, 0.05) is 12.6 Å². The summed E-state index contributed by atoms with van der Waals surface area (Å²) in [4.78, 5) is 22.8. The lowest BCUT2D eigenvalue weighted by Crippen LogP contribution is -2.42. The molecule has 150 valence electrons. The van der Waals surface area contributed by atoms with Gasteiger partial charge in [0.1, 0.15) is 6.04 Å². The van der Waals surface area contributed by atoms with Crippen molar-refractivity contribution in [3.8, 4) is 0 Å². The van der Waals surface area contributed by atoms with E-state index in [1.165, 1.54) is 50.2 Å². The minimum atomic E-state index is -4.27. The van der Waals surface area contributed by atoms with Crippen molar-refractivity contribution in [2.24, 2.45) is 0 Å². The highest BCUT2D eigenvalue weighted by Crippen LogP contribution is 2.38. The molecule has 0 bridgehead atoms. The first kappa shape index (κ1) is 22.8. The third kappa shape index (κ3) is 4.90. The number of sulfonamides is 1. The van der Waals surface area contributed by atoms with Crippen molar-refractivity contribution in [3.63, 3.8) is 0 Å². The molecule has 2 aromatic rings. The number of hydrogen-bond donors (Lipinski definition) is 1. The van der Waals surface area contributed by atoms with Crippen molar-refractivity contribution in [2.45, 2.75) is 24.8 Å². The molecule has 6 nitrogen and oxygen atoms in total. The summed E-state index contributed by atoms with van der Waals surface area (Å²) in [6.07, 6.45) is 0. The van der Waals surface area contributed by atoms with E-state index in [4.69, 9.17) is 46.4 Å². The fourth-order valence-corrected chi connectivity index (χ4v) is 4.81. The van der Waals surface area contributed by atoms with Crippen LogP contribution in [0.5, 0.6) is 0 Å². The van der Waals surface area contributed by atoms with Crippen molar-refractivity contribution >= 4 is 79.0 Å². The number of nitrogens with one attached hydrogen (secondary N) is 1. The van der Waals surface area contributed by atoms with E-state index >= 15 is 0 Å². The van der Waals surface area contributed by atoms with Crippen molar-refractivity contribution < 1.29 is 18.0 Å². The number of halogens is 4. The molecule has 2 rings (SSSR count). The highest BCUT2D eigenvalue weighted by atomic mass is 35.5. The van der Waals surface area contributed by atoms with Gasteiger partial charge < -0.3 is 5.32 Å². The van der Waals surface area contributed by atoms with Gasteiger partial charge in [-0.05, 0) is 54.9 Å². The average molecular weight is 484 g/mol. The molecule has 1 amide bonds. The molecular formula is C17H14Cl4N2O4S. The number of hydrogen-bond acceptors (Lipinski definition) is 4. The number of carbonyl (C=O) groups is 2. The van der Waals surface area contributed by atoms with Gasteiger partial charge in [-0.25, -0.2) is 8.42 Å². The summed E-state index contributed by atoms with van der Waals surface area (Å²) >= 11 is 23.7. The first-order valence-corrected chi connectivity index (χ1v) is 10.7. The fraction of sp³-hybridized carbons (Fsp3) is 0.176. The van der Waals surface area contributed by atoms with Crippen LogP contribution >= 0.6 is 46.4 Å². The molecule has 1 N–H and O–H groups in total. The monoisotopic (exact) mass is 482 g/mol. The maximum absolute atomic E-state index is 13.3. The Balaban J connectivity index is 2.62. The van der Waals surface area contributed by atoms with Gasteiger partial charge in [-0.15, -0.1) is 0 Å². The molecular weight excluding hydrogens is 470 g/mol. The Labute approximate surface area is 182 Å². The Kier molecular flexibility index (Phi) is 7.22. The lowest BCUT2D eigenvalue weighted by atomic mass is 10.2. The number of anilines is 2. The molecule has 0 aromatic heterocycles. The quantitative estimate of drug-likeness (QED) is 0.465. The van der Waals surface area contributed by atoms with Crippen LogP contribution in [-0.2, 0) is 19.6 Å². The summed E-state index contributed by atoms with van der Waals surface area (Å²) in [6.45, 7) is 2.64. The molecule has 0 spiro atoms. The second-order valence-corrected chi connectivity index (χ2v) is 9.11. The highest BCUT2D eigenvalue weighted by molar-refractivity contribution is 7.93. The molecule has 0 aliphatic carbocycles. The summed E-state index contributed by atoms with van der Waals surface area (Å²) in [5.74, 6) is -0.304. The van der Waals surface area contributed by atoms with Gasteiger partial charge in [0.05, 0.1) is 25.7 Å². The average Bonchev–Trinajstić information content (AvgIpc) is 2.59. The molecule has 28 heavy (non-hydrogen) atoms. The van der Waals surface area contributed by atoms with E-state index < -0.39 is 21.3 Å². The third-order valence-corrected chi connectivity index (χ3v) is 6.88. The minimum Gasteiger partial charge on any atom is -0.326 e. The zero-order chi connectivity index (χ0) is 21.2. The van der Waals surface area contributed by atoms with Crippen molar-refractivity contribution in [1.82, 2.24) is 0 Å². The summed E-state index contributed by atoms with van der Waals surface area (Å²) < 4.78 is 27.3. The molecule has 11 heteroatoms. The van der Waals surface area contributed by atoms with Crippen LogP contribution in [0.4, 0.5) is 11.4 Å². The number of nitrogens with zero attached hydrogens (tertiary/aromatic N) is 1. The second kappa shape index (κ2) is 8.88. The molecule has 0 aliphatic heterocycles. The Hall–Kier alpha value is -1.51. The van der Waals surface area contributed by atoms with Crippen LogP contribution in [0.25, 0.3) is 0 Å². The standard InChI is InChI=1S/C17H14Cl4N2O4S/c1-9(17(21)25)23(16-8-14(19)13(18)7-15(16)20)28(26,27)12-5-3-11(4-6-12)22-10(2)24/h3-9H,1-2H3,(H,22,24). The van der Waals surface area contributed by atoms with Crippen LogP contribution < -0.4 is 9.62 Å². The lowest BCUT2D eigenvalue weighted by molar-refractivity contribution is -0.114. The van der Waals surface area contributed by atoms with E-state index in [0.29, 0.717) is 5.69 Å². The lowest BCUT2D eigenvalue weighted by Gasteiger charge is -2.29. The van der Waals surface area contributed by atoms with Crippen LogP contribution in [0.1, 0.15) is 13.8 Å². The van der Waals surface area contributed by atoms with E-state index in [-0.39, 0.29) is 31.6 Å². The topological polar surface area (TPSA) is 83.6 Å². The molecule has 0 radical (unpaired) electrons. The minimum absolute atomic E-state index is 0.0300. The maximum Gasteiger partial charge on any atom is 0.265 e. The van der Waals surface area contributed by atoms with Gasteiger partial charge >= 0.3 is 0 Å². The van der Waals surface area contributed by atoms with E-state index in [1.807, 2.05) is 0 Å². The molecule has 1 atom stereocenters. The predicted molar refractivity (Wildman–Crippen MR) is 112 cm³/mol. The molecule has 0 saturated heterocycles. The van der Waals surface area contributed by atoms with Crippen LogP contribution in [0, 0.1) is 0 Å². The zero-order valence-corrected chi connectivity index (χ0v) is 18.4. The van der Waals surface area contributed by atoms with Gasteiger partial charge in [-0.3, -0.25) is 13.9 Å². The Morgan fingerprint density at radius 1 is 1.00 bits per heavy atom. The van der Waals surface area contributed by atoms with Gasteiger partial charge in [0.2, 0.25) is 11.1 Å². The fourth-order valence-electron chi connectivity index (χ4n) is 2.35. The molecule has 1 unspecified atom stereocenters. The van der Waals surface area contributed by atoms with Crippen LogP contribution in [0.3, 0.4) is 0 Å². The van der Waals surface area contributed by atoms with Crippen molar-refractivity contribution in [3.05, 3.63) is 51.5 Å². The van der Waals surface area contributed by atoms with Crippen LogP contribution in [-0.4, -0.2) is 25.6 Å². The van der Waals surface area contributed by atoms with Gasteiger partial charge in [-0.1, -0.05) is 34.8 Å². The number of amides is 1. The highest BCUT2D eigenvalue weighted by Gasteiger charge is 2.34. The summed E-state index contributed by atoms with van der Waals surface area (Å²) in [5.41, 5.74) is 0.357. The normalized spacial score (nSPS) is 12.4. The Morgan fingerprint density at radius 2 is 1.54 bits per heavy atom. The van der Waals surface area contributed by atoms with E-state index in [0.717, 1.165) is 4.31 Å². The largest absolute Gasteiger partial charge is 0.326 e. The predicted octanol–water partition coefficient (Wildman–Crippen LogP) is 4.95. The van der Waals surface area contributed by atoms with Gasteiger partial charge in [0.25, 0.3) is 10.0 Å². The number of rotatable bonds is 6. The number of carbonyl (C=O) groups excluding carboxylic acids is 2. The van der Waals surface area contributed by atoms with Crippen molar-refractivity contribution in [2.75, 3.05) is 9.62 Å². The summed E-state index contributed by atoms with van der Waals surface area (Å²) in [7, 11) is -4.27. The second-order valence-electron chi connectivity index (χ2n) is 5.70. The summed E-state index contributed by atoms with van der Waals surface area (Å²) in [5, 5.41) is 1.76.